The molecule has 0 aliphatic carbocycles. The number of amides is 1. The fourth-order valence-electron chi connectivity index (χ4n) is 4.58. The Hall–Kier alpha value is -2.87. The largest absolute Gasteiger partial charge is 0.497 e. The van der Waals surface area contributed by atoms with Crippen molar-refractivity contribution in [2.45, 2.75) is 12.8 Å². The van der Waals surface area contributed by atoms with Crippen molar-refractivity contribution in [3.8, 4) is 5.75 Å². The number of piperidine rings is 1. The number of halogens is 1. The molecule has 1 amide bonds. The van der Waals surface area contributed by atoms with Crippen molar-refractivity contribution in [3.05, 3.63) is 48.3 Å². The van der Waals surface area contributed by atoms with Crippen molar-refractivity contribution in [3.63, 3.8) is 0 Å². The Morgan fingerprint density at radius 2 is 1.72 bits per heavy atom. The lowest BCUT2D eigenvalue weighted by Gasteiger charge is -2.39. The number of hydrogen-bond donors (Lipinski definition) is 0. The summed E-state index contributed by atoms with van der Waals surface area (Å²) in [5, 5.41) is 0.921. The topological polar surface area (TPSA) is 48.9 Å². The summed E-state index contributed by atoms with van der Waals surface area (Å²) in [5.74, 6) is 0.979. The molecule has 1 aromatic heterocycles. The van der Waals surface area contributed by atoms with Gasteiger partial charge in [0.2, 0.25) is 5.91 Å². The van der Waals surface area contributed by atoms with Gasteiger partial charge in [0.15, 0.2) is 5.13 Å². The Balaban J connectivity index is 1.14. The second-order valence-corrected chi connectivity index (χ2v) is 9.39. The summed E-state index contributed by atoms with van der Waals surface area (Å²) in [4.78, 5) is 24.4. The van der Waals surface area contributed by atoms with Crippen molar-refractivity contribution in [2.24, 2.45) is 5.92 Å². The van der Waals surface area contributed by atoms with Gasteiger partial charge in [-0.15, -0.1) is 0 Å². The van der Waals surface area contributed by atoms with Crippen LogP contribution in [0.25, 0.3) is 10.2 Å². The molecule has 0 radical (unpaired) electrons. The third kappa shape index (κ3) is 4.24. The van der Waals surface area contributed by atoms with Gasteiger partial charge in [0.25, 0.3) is 0 Å². The number of aromatic nitrogens is 1. The highest BCUT2D eigenvalue weighted by Gasteiger charge is 2.31. The van der Waals surface area contributed by atoms with E-state index in [9.17, 15) is 9.18 Å². The first-order valence-electron chi connectivity index (χ1n) is 11.1. The number of benzene rings is 2. The summed E-state index contributed by atoms with van der Waals surface area (Å²) in [7, 11) is 1.67. The average Bonchev–Trinajstić information content (AvgIpc) is 3.27. The van der Waals surface area contributed by atoms with E-state index in [1.54, 1.807) is 19.2 Å². The predicted octanol–water partition coefficient (Wildman–Crippen LogP) is 4.01. The molecule has 3 heterocycles. The number of rotatable bonds is 4. The van der Waals surface area contributed by atoms with Gasteiger partial charge in [-0.25, -0.2) is 9.37 Å². The van der Waals surface area contributed by atoms with E-state index in [1.165, 1.54) is 23.1 Å². The Bertz CT molecular complexity index is 1090. The molecule has 0 unspecified atom stereocenters. The van der Waals surface area contributed by atoms with E-state index in [0.717, 1.165) is 73.2 Å². The first kappa shape index (κ1) is 21.0. The fraction of sp³-hybridized carbons (Fsp3) is 0.417. The highest BCUT2D eigenvalue weighted by molar-refractivity contribution is 7.22. The molecule has 2 saturated heterocycles. The number of carbonyl (C=O) groups is 1. The SMILES string of the molecule is COc1ccc(N2CCN(C(=O)C3CCN(c4nc5ccc(F)cc5s4)CC3)CC2)cc1. The highest BCUT2D eigenvalue weighted by Crippen LogP contribution is 2.32. The molecular weight excluding hydrogens is 427 g/mol. The minimum Gasteiger partial charge on any atom is -0.497 e. The molecule has 0 saturated carbocycles. The zero-order valence-corrected chi connectivity index (χ0v) is 19.0. The van der Waals surface area contributed by atoms with Crippen LogP contribution in [0, 0.1) is 11.7 Å². The van der Waals surface area contributed by atoms with Crippen LogP contribution < -0.4 is 14.5 Å². The van der Waals surface area contributed by atoms with Gasteiger partial charge in [-0.1, -0.05) is 11.3 Å². The standard InChI is InChI=1S/C24H27FN4O2S/c1-31-20-5-3-19(4-6-20)27-12-14-28(15-13-27)23(30)17-8-10-29(11-9-17)24-26-21-7-2-18(25)16-22(21)32-24/h2-7,16-17H,8-15H2,1H3. The second kappa shape index (κ2) is 8.94. The molecule has 3 aromatic rings. The molecule has 0 atom stereocenters. The molecule has 2 fully saturated rings. The molecule has 8 heteroatoms. The average molecular weight is 455 g/mol. The van der Waals surface area contributed by atoms with E-state index in [4.69, 9.17) is 4.74 Å². The maximum absolute atomic E-state index is 13.5. The van der Waals surface area contributed by atoms with E-state index in [-0.39, 0.29) is 17.6 Å². The van der Waals surface area contributed by atoms with Crippen molar-refractivity contribution >= 4 is 38.3 Å². The van der Waals surface area contributed by atoms with E-state index in [1.807, 2.05) is 17.0 Å². The van der Waals surface area contributed by atoms with E-state index in [2.05, 4.69) is 26.9 Å². The molecule has 0 bridgehead atoms. The number of piperazine rings is 1. The summed E-state index contributed by atoms with van der Waals surface area (Å²) in [5.41, 5.74) is 2.00. The van der Waals surface area contributed by atoms with Crippen LogP contribution in [0.15, 0.2) is 42.5 Å². The fourth-order valence-corrected chi connectivity index (χ4v) is 5.62. The lowest BCUT2D eigenvalue weighted by atomic mass is 9.95. The molecule has 2 aliphatic heterocycles. The Kier molecular flexibility index (Phi) is 5.87. The van der Waals surface area contributed by atoms with E-state index in [0.29, 0.717) is 0 Å². The normalized spacial score (nSPS) is 17.8. The van der Waals surface area contributed by atoms with E-state index >= 15 is 0 Å². The van der Waals surface area contributed by atoms with Gasteiger partial charge in [-0.3, -0.25) is 4.79 Å². The molecule has 5 rings (SSSR count). The maximum Gasteiger partial charge on any atom is 0.225 e. The van der Waals surface area contributed by atoms with Crippen molar-refractivity contribution in [1.82, 2.24) is 9.88 Å². The number of carbonyl (C=O) groups excluding carboxylic acids is 1. The number of fused-ring (bicyclic) bond motifs is 1. The summed E-state index contributed by atoms with van der Waals surface area (Å²) < 4.78 is 19.6. The van der Waals surface area contributed by atoms with Crippen LogP contribution in [0.3, 0.4) is 0 Å². The van der Waals surface area contributed by atoms with Gasteiger partial charge in [0.05, 0.1) is 17.3 Å². The van der Waals surface area contributed by atoms with Crippen LogP contribution in [-0.2, 0) is 4.79 Å². The lowest BCUT2D eigenvalue weighted by molar-refractivity contribution is -0.136. The number of hydrogen-bond acceptors (Lipinski definition) is 6. The van der Waals surface area contributed by atoms with E-state index < -0.39 is 0 Å². The first-order valence-corrected chi connectivity index (χ1v) is 11.9. The molecule has 6 nitrogen and oxygen atoms in total. The molecule has 0 spiro atoms. The first-order chi connectivity index (χ1) is 15.6. The quantitative estimate of drug-likeness (QED) is 0.596. The predicted molar refractivity (Wildman–Crippen MR) is 126 cm³/mol. The van der Waals surface area contributed by atoms with Crippen molar-refractivity contribution in [2.75, 3.05) is 56.2 Å². The zero-order chi connectivity index (χ0) is 22.1. The third-order valence-electron chi connectivity index (χ3n) is 6.48. The number of nitrogens with zero attached hydrogens (tertiary/aromatic N) is 4. The summed E-state index contributed by atoms with van der Waals surface area (Å²) in [6, 6.07) is 12.8. The van der Waals surface area contributed by atoms with Gasteiger partial charge in [0, 0.05) is 50.9 Å². The lowest BCUT2D eigenvalue weighted by Crippen LogP contribution is -2.51. The van der Waals surface area contributed by atoms with Gasteiger partial charge >= 0.3 is 0 Å². The molecule has 2 aliphatic rings. The Morgan fingerprint density at radius 1 is 1.00 bits per heavy atom. The smallest absolute Gasteiger partial charge is 0.225 e. The summed E-state index contributed by atoms with van der Waals surface area (Å²) >= 11 is 1.52. The molecule has 32 heavy (non-hydrogen) atoms. The van der Waals surface area contributed by atoms with Crippen LogP contribution >= 0.6 is 11.3 Å². The van der Waals surface area contributed by atoms with Crippen LogP contribution in [0.2, 0.25) is 0 Å². The number of anilines is 2. The highest BCUT2D eigenvalue weighted by atomic mass is 32.1. The van der Waals surface area contributed by atoms with Gasteiger partial charge in [0.1, 0.15) is 11.6 Å². The van der Waals surface area contributed by atoms with Crippen molar-refractivity contribution < 1.29 is 13.9 Å². The van der Waals surface area contributed by atoms with Gasteiger partial charge < -0.3 is 19.4 Å². The van der Waals surface area contributed by atoms with Crippen LogP contribution in [0.1, 0.15) is 12.8 Å². The van der Waals surface area contributed by atoms with Crippen LogP contribution in [-0.4, -0.2) is 62.2 Å². The Labute approximate surface area is 191 Å². The van der Waals surface area contributed by atoms with Crippen LogP contribution in [0.4, 0.5) is 15.2 Å². The molecule has 168 valence electrons. The third-order valence-corrected chi connectivity index (χ3v) is 7.56. The number of ether oxygens (including phenoxy) is 1. The molecular formula is C24H27FN4O2S. The summed E-state index contributed by atoms with van der Waals surface area (Å²) in [6.45, 7) is 4.83. The van der Waals surface area contributed by atoms with Crippen molar-refractivity contribution in [1.29, 1.82) is 0 Å². The molecule has 0 N–H and O–H groups in total. The summed E-state index contributed by atoms with van der Waals surface area (Å²) in [6.07, 6.45) is 1.67. The van der Waals surface area contributed by atoms with Crippen LogP contribution in [0.5, 0.6) is 5.75 Å². The molecule has 2 aromatic carbocycles. The zero-order valence-electron chi connectivity index (χ0n) is 18.2. The van der Waals surface area contributed by atoms with Gasteiger partial charge in [-0.2, -0.15) is 0 Å². The monoisotopic (exact) mass is 454 g/mol. The maximum atomic E-state index is 13.5. The minimum absolute atomic E-state index is 0.0746. The number of thiazole rings is 1. The number of methoxy groups -OCH3 is 1. The Morgan fingerprint density at radius 3 is 2.41 bits per heavy atom. The second-order valence-electron chi connectivity index (χ2n) is 8.38. The van der Waals surface area contributed by atoms with Gasteiger partial charge in [-0.05, 0) is 55.3 Å². The minimum atomic E-state index is -0.232.